The number of ketones is 1. The van der Waals surface area contributed by atoms with E-state index < -0.39 is 0 Å². The SMILES string of the molecule is Cc1ccc(OCC(=O)N(C)Cc2ccc(Cl)s2)c2c1C(C)CC2=O. The van der Waals surface area contributed by atoms with Gasteiger partial charge in [-0.25, -0.2) is 0 Å². The highest BCUT2D eigenvalue weighted by Crippen LogP contribution is 2.40. The van der Waals surface area contributed by atoms with Crippen molar-refractivity contribution in [1.82, 2.24) is 4.90 Å². The lowest BCUT2D eigenvalue weighted by Crippen LogP contribution is -2.30. The predicted molar refractivity (Wildman–Crippen MR) is 99.8 cm³/mol. The van der Waals surface area contributed by atoms with Gasteiger partial charge in [-0.1, -0.05) is 24.6 Å². The molecular formula is C19H20ClNO3S. The van der Waals surface area contributed by atoms with Crippen LogP contribution in [0.4, 0.5) is 0 Å². The predicted octanol–water partition coefficient (Wildman–Crippen LogP) is 4.44. The summed E-state index contributed by atoms with van der Waals surface area (Å²) in [7, 11) is 1.73. The molecule has 1 aliphatic rings. The maximum Gasteiger partial charge on any atom is 0.260 e. The van der Waals surface area contributed by atoms with E-state index in [9.17, 15) is 9.59 Å². The lowest BCUT2D eigenvalue weighted by atomic mass is 9.97. The Balaban J connectivity index is 1.68. The van der Waals surface area contributed by atoms with Gasteiger partial charge in [0.25, 0.3) is 5.91 Å². The van der Waals surface area contributed by atoms with Crippen LogP contribution in [-0.4, -0.2) is 30.2 Å². The Morgan fingerprint density at radius 1 is 1.36 bits per heavy atom. The van der Waals surface area contributed by atoms with Crippen molar-refractivity contribution >= 4 is 34.6 Å². The molecule has 3 rings (SSSR count). The smallest absolute Gasteiger partial charge is 0.260 e. The number of fused-ring (bicyclic) bond motifs is 1. The molecule has 1 aliphatic carbocycles. The maximum absolute atomic E-state index is 12.3. The van der Waals surface area contributed by atoms with Gasteiger partial charge in [0.15, 0.2) is 12.4 Å². The van der Waals surface area contributed by atoms with E-state index in [1.807, 2.05) is 32.0 Å². The van der Waals surface area contributed by atoms with Crippen LogP contribution < -0.4 is 4.74 Å². The van der Waals surface area contributed by atoms with Crippen molar-refractivity contribution in [3.63, 3.8) is 0 Å². The number of hydrogen-bond acceptors (Lipinski definition) is 4. The Labute approximate surface area is 156 Å². The number of benzene rings is 1. The minimum Gasteiger partial charge on any atom is -0.483 e. The first-order valence-electron chi connectivity index (χ1n) is 8.14. The second-order valence-electron chi connectivity index (χ2n) is 6.44. The molecule has 0 spiro atoms. The van der Waals surface area contributed by atoms with E-state index in [1.54, 1.807) is 18.0 Å². The number of Topliss-reactive ketones (excluding diaryl/α,β-unsaturated/α-hetero) is 1. The lowest BCUT2D eigenvalue weighted by molar-refractivity contribution is -0.132. The molecule has 0 N–H and O–H groups in total. The highest BCUT2D eigenvalue weighted by molar-refractivity contribution is 7.16. The molecule has 132 valence electrons. The quantitative estimate of drug-likeness (QED) is 0.774. The van der Waals surface area contributed by atoms with Gasteiger partial charge in [0.1, 0.15) is 5.75 Å². The summed E-state index contributed by atoms with van der Waals surface area (Å²) >= 11 is 7.37. The molecule has 1 heterocycles. The van der Waals surface area contributed by atoms with E-state index in [2.05, 4.69) is 0 Å². The number of carbonyl (C=O) groups excluding carboxylic acids is 2. The maximum atomic E-state index is 12.3. The second kappa shape index (κ2) is 7.18. The van der Waals surface area contributed by atoms with Gasteiger partial charge in [-0.15, -0.1) is 11.3 Å². The zero-order valence-corrected chi connectivity index (χ0v) is 16.0. The number of amides is 1. The van der Waals surface area contributed by atoms with Gasteiger partial charge in [-0.05, 0) is 42.2 Å². The highest BCUT2D eigenvalue weighted by atomic mass is 35.5. The molecule has 4 nitrogen and oxygen atoms in total. The summed E-state index contributed by atoms with van der Waals surface area (Å²) < 4.78 is 6.42. The van der Waals surface area contributed by atoms with Crippen molar-refractivity contribution in [2.24, 2.45) is 0 Å². The average molecular weight is 378 g/mol. The van der Waals surface area contributed by atoms with Crippen LogP contribution in [0.15, 0.2) is 24.3 Å². The molecule has 1 aromatic heterocycles. The first-order chi connectivity index (χ1) is 11.9. The standard InChI is InChI=1S/C19H20ClNO3S/c1-11-4-6-15(19-14(22)8-12(2)18(11)19)24-10-17(23)21(3)9-13-5-7-16(20)25-13/h4-7,12H,8-10H2,1-3H3. The molecule has 0 aliphatic heterocycles. The summed E-state index contributed by atoms with van der Waals surface area (Å²) in [6.07, 6.45) is 0.504. The summed E-state index contributed by atoms with van der Waals surface area (Å²) in [5, 5.41) is 0. The summed E-state index contributed by atoms with van der Waals surface area (Å²) in [4.78, 5) is 27.2. The van der Waals surface area contributed by atoms with E-state index in [0.29, 0.717) is 28.6 Å². The minimum atomic E-state index is -0.141. The Kier molecular flexibility index (Phi) is 5.16. The number of likely N-dealkylation sites (N-methyl/N-ethyl adjacent to an activating group) is 1. The third kappa shape index (κ3) is 3.72. The molecule has 0 radical (unpaired) electrons. The number of carbonyl (C=O) groups is 2. The molecule has 0 saturated heterocycles. The van der Waals surface area contributed by atoms with Gasteiger partial charge in [0.2, 0.25) is 0 Å². The summed E-state index contributed by atoms with van der Waals surface area (Å²) in [6, 6.07) is 7.46. The molecule has 0 saturated carbocycles. The van der Waals surface area contributed by atoms with Crippen molar-refractivity contribution in [2.75, 3.05) is 13.7 Å². The van der Waals surface area contributed by atoms with Crippen LogP contribution in [0.25, 0.3) is 0 Å². The van der Waals surface area contributed by atoms with Crippen molar-refractivity contribution in [3.05, 3.63) is 50.2 Å². The molecule has 0 fully saturated rings. The molecule has 1 amide bonds. The van der Waals surface area contributed by atoms with Crippen molar-refractivity contribution in [3.8, 4) is 5.75 Å². The van der Waals surface area contributed by atoms with Crippen LogP contribution in [0, 0.1) is 6.92 Å². The molecule has 6 heteroatoms. The monoisotopic (exact) mass is 377 g/mol. The van der Waals surface area contributed by atoms with Gasteiger partial charge in [-0.2, -0.15) is 0 Å². The minimum absolute atomic E-state index is 0.0905. The number of rotatable bonds is 5. The largest absolute Gasteiger partial charge is 0.483 e. The normalized spacial score (nSPS) is 16.0. The topological polar surface area (TPSA) is 46.6 Å². The van der Waals surface area contributed by atoms with E-state index >= 15 is 0 Å². The number of hydrogen-bond donors (Lipinski definition) is 0. The lowest BCUT2D eigenvalue weighted by Gasteiger charge is -2.18. The van der Waals surface area contributed by atoms with Crippen LogP contribution in [0.5, 0.6) is 5.75 Å². The molecule has 2 aromatic rings. The molecular weight excluding hydrogens is 358 g/mol. The number of halogens is 1. The Morgan fingerprint density at radius 2 is 2.12 bits per heavy atom. The zero-order chi connectivity index (χ0) is 18.1. The van der Waals surface area contributed by atoms with Crippen molar-refractivity contribution in [2.45, 2.75) is 32.7 Å². The van der Waals surface area contributed by atoms with Crippen molar-refractivity contribution in [1.29, 1.82) is 0 Å². The summed E-state index contributed by atoms with van der Waals surface area (Å²) in [6.45, 7) is 4.45. The van der Waals surface area contributed by atoms with Crippen LogP contribution in [0.3, 0.4) is 0 Å². The Hall–Kier alpha value is -1.85. The zero-order valence-electron chi connectivity index (χ0n) is 14.5. The van der Waals surface area contributed by atoms with E-state index in [0.717, 1.165) is 16.0 Å². The molecule has 1 aromatic carbocycles. The highest BCUT2D eigenvalue weighted by Gasteiger charge is 2.31. The number of aryl methyl sites for hydroxylation is 1. The third-order valence-electron chi connectivity index (χ3n) is 4.49. The molecule has 1 unspecified atom stereocenters. The fourth-order valence-electron chi connectivity index (χ4n) is 3.24. The van der Waals surface area contributed by atoms with Gasteiger partial charge in [0, 0.05) is 18.3 Å². The van der Waals surface area contributed by atoms with Gasteiger partial charge in [0.05, 0.1) is 16.4 Å². The Bertz CT molecular complexity index is 830. The molecule has 25 heavy (non-hydrogen) atoms. The molecule has 0 bridgehead atoms. The second-order valence-corrected chi connectivity index (χ2v) is 8.24. The first kappa shape index (κ1) is 18.0. The van der Waals surface area contributed by atoms with Crippen LogP contribution >= 0.6 is 22.9 Å². The summed E-state index contributed by atoms with van der Waals surface area (Å²) in [5.74, 6) is 0.663. The van der Waals surface area contributed by atoms with E-state index in [4.69, 9.17) is 16.3 Å². The van der Waals surface area contributed by atoms with Gasteiger partial charge < -0.3 is 9.64 Å². The third-order valence-corrected chi connectivity index (χ3v) is 5.70. The van der Waals surface area contributed by atoms with Gasteiger partial charge in [-0.3, -0.25) is 9.59 Å². The number of nitrogens with zero attached hydrogens (tertiary/aromatic N) is 1. The fourth-order valence-corrected chi connectivity index (χ4v) is 4.38. The van der Waals surface area contributed by atoms with Gasteiger partial charge >= 0.3 is 0 Å². The Morgan fingerprint density at radius 3 is 2.80 bits per heavy atom. The van der Waals surface area contributed by atoms with E-state index in [-0.39, 0.29) is 24.2 Å². The van der Waals surface area contributed by atoms with Crippen molar-refractivity contribution < 1.29 is 14.3 Å². The van der Waals surface area contributed by atoms with Crippen LogP contribution in [-0.2, 0) is 11.3 Å². The number of thiophene rings is 1. The fraction of sp³-hybridized carbons (Fsp3) is 0.368. The molecule has 1 atom stereocenters. The van der Waals surface area contributed by atoms with Crippen LogP contribution in [0.2, 0.25) is 4.34 Å². The average Bonchev–Trinajstić information content (AvgIpc) is 3.10. The number of ether oxygens (including phenoxy) is 1. The first-order valence-corrected chi connectivity index (χ1v) is 9.34. The van der Waals surface area contributed by atoms with Crippen LogP contribution in [0.1, 0.15) is 45.6 Å². The van der Waals surface area contributed by atoms with E-state index in [1.165, 1.54) is 11.3 Å². The summed E-state index contributed by atoms with van der Waals surface area (Å²) in [5.41, 5.74) is 2.79.